The maximum atomic E-state index is 11.7. The second-order valence-corrected chi connectivity index (χ2v) is 6.18. The van der Waals surface area contributed by atoms with Crippen molar-refractivity contribution in [2.75, 3.05) is 38.1 Å². The predicted octanol–water partition coefficient (Wildman–Crippen LogP) is 0.744. The third-order valence-electron chi connectivity index (χ3n) is 4.93. The Morgan fingerprint density at radius 3 is 2.95 bits per heavy atom. The molecule has 1 N–H and O–H groups in total. The van der Waals surface area contributed by atoms with Gasteiger partial charge in [0.25, 0.3) is 0 Å². The highest BCUT2D eigenvalue weighted by Crippen LogP contribution is 2.31. The van der Waals surface area contributed by atoms with Gasteiger partial charge in [-0.05, 0) is 32.0 Å². The van der Waals surface area contributed by atoms with E-state index in [1.807, 2.05) is 12.1 Å². The summed E-state index contributed by atoms with van der Waals surface area (Å²) >= 11 is 0. The summed E-state index contributed by atoms with van der Waals surface area (Å²) in [7, 11) is 2.15. The third-order valence-corrected chi connectivity index (χ3v) is 4.93. The van der Waals surface area contributed by atoms with E-state index >= 15 is 0 Å². The van der Waals surface area contributed by atoms with Crippen molar-refractivity contribution < 1.29 is 4.79 Å². The first kappa shape index (κ1) is 14.8. The molecule has 2 aliphatic rings. The number of piperazine rings is 1. The molecule has 2 aliphatic heterocycles. The van der Waals surface area contributed by atoms with E-state index in [1.54, 1.807) is 6.20 Å². The number of nitrogens with one attached hydrogen (secondary N) is 1. The van der Waals surface area contributed by atoms with Crippen LogP contribution < -0.4 is 10.2 Å². The first-order valence-electron chi connectivity index (χ1n) is 7.72. The number of hydrogen-bond acceptors (Lipinski definition) is 5. The molecule has 2 fully saturated rings. The van der Waals surface area contributed by atoms with Gasteiger partial charge in [-0.1, -0.05) is 0 Å². The Labute approximate surface area is 130 Å². The molecule has 1 atom stereocenters. The van der Waals surface area contributed by atoms with Gasteiger partial charge in [0.15, 0.2) is 0 Å². The molecule has 1 spiro atoms. The zero-order valence-electron chi connectivity index (χ0n) is 12.9. The highest BCUT2D eigenvalue weighted by atomic mass is 16.1. The maximum Gasteiger partial charge on any atom is 0.220 e. The minimum atomic E-state index is 0.0208. The molecule has 1 amide bonds. The summed E-state index contributed by atoms with van der Waals surface area (Å²) in [5.74, 6) is 1.06. The number of hydrogen-bond donors (Lipinski definition) is 1. The summed E-state index contributed by atoms with van der Waals surface area (Å²) in [6.45, 7) is 3.48. The summed E-state index contributed by atoms with van der Waals surface area (Å²) in [5.41, 5.74) is 0.601. The Morgan fingerprint density at radius 2 is 2.23 bits per heavy atom. The van der Waals surface area contributed by atoms with E-state index in [0.717, 1.165) is 44.8 Å². The van der Waals surface area contributed by atoms with Gasteiger partial charge in [-0.15, -0.1) is 0 Å². The number of rotatable bonds is 1. The van der Waals surface area contributed by atoms with Crippen LogP contribution in [0.4, 0.5) is 5.82 Å². The molecule has 1 aromatic heterocycles. The third kappa shape index (κ3) is 2.77. The molecular formula is C16H21N5O. The summed E-state index contributed by atoms with van der Waals surface area (Å²) in [5, 5.41) is 11.8. The summed E-state index contributed by atoms with van der Waals surface area (Å²) in [4.78, 5) is 20.7. The second kappa shape index (κ2) is 5.93. The van der Waals surface area contributed by atoms with Crippen molar-refractivity contribution in [3.8, 4) is 6.07 Å². The standard InChI is InChI=1S/C16H21N5O/c1-20-8-9-21(14-3-2-13(10-17)11-19-14)12-16(20)5-4-15(22)18-7-6-16/h2-3,11H,4-9,12H2,1H3,(H,18,22)/t16-/m1/s1. The lowest BCUT2D eigenvalue weighted by atomic mass is 9.86. The Morgan fingerprint density at radius 1 is 1.36 bits per heavy atom. The molecule has 6 heteroatoms. The number of nitriles is 1. The van der Waals surface area contributed by atoms with Gasteiger partial charge in [0.05, 0.1) is 5.56 Å². The fraction of sp³-hybridized carbons (Fsp3) is 0.562. The van der Waals surface area contributed by atoms with Gasteiger partial charge in [-0.3, -0.25) is 9.69 Å². The van der Waals surface area contributed by atoms with Gasteiger partial charge >= 0.3 is 0 Å². The number of carbonyl (C=O) groups is 1. The highest BCUT2D eigenvalue weighted by Gasteiger charge is 2.41. The minimum absolute atomic E-state index is 0.0208. The lowest BCUT2D eigenvalue weighted by Gasteiger charge is -2.49. The molecule has 1 aromatic rings. The van der Waals surface area contributed by atoms with Crippen LogP contribution >= 0.6 is 0 Å². The van der Waals surface area contributed by atoms with Crippen molar-refractivity contribution in [1.29, 1.82) is 5.26 Å². The molecule has 3 heterocycles. The first-order valence-corrected chi connectivity index (χ1v) is 7.72. The van der Waals surface area contributed by atoms with Crippen molar-refractivity contribution in [2.24, 2.45) is 0 Å². The van der Waals surface area contributed by atoms with Gasteiger partial charge in [0.1, 0.15) is 11.9 Å². The Kier molecular flexibility index (Phi) is 3.99. The van der Waals surface area contributed by atoms with E-state index in [2.05, 4.69) is 33.2 Å². The quantitative estimate of drug-likeness (QED) is 0.828. The summed E-state index contributed by atoms with van der Waals surface area (Å²) in [6.07, 6.45) is 4.04. The van der Waals surface area contributed by atoms with Crippen molar-refractivity contribution in [1.82, 2.24) is 15.2 Å². The molecular weight excluding hydrogens is 278 g/mol. The van der Waals surface area contributed by atoms with Gasteiger partial charge in [-0.2, -0.15) is 5.26 Å². The predicted molar refractivity (Wildman–Crippen MR) is 83.4 cm³/mol. The maximum absolute atomic E-state index is 11.7. The van der Waals surface area contributed by atoms with Crippen LogP contribution in [0, 0.1) is 11.3 Å². The molecule has 116 valence electrons. The monoisotopic (exact) mass is 299 g/mol. The van der Waals surface area contributed by atoms with E-state index in [9.17, 15) is 4.79 Å². The lowest BCUT2D eigenvalue weighted by molar-refractivity contribution is -0.120. The number of carbonyl (C=O) groups excluding carboxylic acids is 1. The van der Waals surface area contributed by atoms with Crippen molar-refractivity contribution in [2.45, 2.75) is 24.8 Å². The van der Waals surface area contributed by atoms with Crippen molar-refractivity contribution in [3.63, 3.8) is 0 Å². The average Bonchev–Trinajstić information content (AvgIpc) is 2.73. The molecule has 0 bridgehead atoms. The van der Waals surface area contributed by atoms with Crippen LogP contribution in [0.15, 0.2) is 18.3 Å². The zero-order valence-corrected chi connectivity index (χ0v) is 12.9. The minimum Gasteiger partial charge on any atom is -0.356 e. The van der Waals surface area contributed by atoms with E-state index in [1.165, 1.54) is 0 Å². The first-order chi connectivity index (χ1) is 10.6. The molecule has 0 unspecified atom stereocenters. The van der Waals surface area contributed by atoms with Gasteiger partial charge < -0.3 is 10.2 Å². The van der Waals surface area contributed by atoms with Crippen LogP contribution in [0.1, 0.15) is 24.8 Å². The lowest BCUT2D eigenvalue weighted by Crippen LogP contribution is -2.61. The number of aromatic nitrogens is 1. The van der Waals surface area contributed by atoms with Crippen LogP contribution in [0.3, 0.4) is 0 Å². The summed E-state index contributed by atoms with van der Waals surface area (Å²) in [6, 6.07) is 5.82. The number of pyridine rings is 1. The number of anilines is 1. The number of amides is 1. The molecule has 22 heavy (non-hydrogen) atoms. The van der Waals surface area contributed by atoms with Crippen LogP contribution in [0.5, 0.6) is 0 Å². The van der Waals surface area contributed by atoms with Gasteiger partial charge in [0.2, 0.25) is 5.91 Å². The fourth-order valence-corrected chi connectivity index (χ4v) is 3.43. The molecule has 6 nitrogen and oxygen atoms in total. The SMILES string of the molecule is CN1CCN(c2ccc(C#N)cn2)C[C@@]12CCNC(=O)CC2. The molecule has 0 radical (unpaired) electrons. The summed E-state index contributed by atoms with van der Waals surface area (Å²) < 4.78 is 0. The van der Waals surface area contributed by atoms with Gasteiger partial charge in [0, 0.05) is 44.3 Å². The smallest absolute Gasteiger partial charge is 0.220 e. The van der Waals surface area contributed by atoms with E-state index < -0.39 is 0 Å². The number of nitrogens with zero attached hydrogens (tertiary/aromatic N) is 4. The zero-order chi connectivity index (χ0) is 15.6. The van der Waals surface area contributed by atoms with Crippen LogP contribution in [-0.2, 0) is 4.79 Å². The Balaban J connectivity index is 1.80. The van der Waals surface area contributed by atoms with E-state index in [0.29, 0.717) is 12.0 Å². The van der Waals surface area contributed by atoms with Crippen LogP contribution in [0.25, 0.3) is 0 Å². The van der Waals surface area contributed by atoms with Gasteiger partial charge in [-0.25, -0.2) is 4.98 Å². The van der Waals surface area contributed by atoms with Crippen LogP contribution in [-0.4, -0.2) is 54.6 Å². The largest absolute Gasteiger partial charge is 0.356 e. The fourth-order valence-electron chi connectivity index (χ4n) is 3.43. The number of likely N-dealkylation sites (N-methyl/N-ethyl adjacent to an activating group) is 1. The Hall–Kier alpha value is -2.13. The molecule has 3 rings (SSSR count). The van der Waals surface area contributed by atoms with Crippen molar-refractivity contribution >= 4 is 11.7 Å². The second-order valence-electron chi connectivity index (χ2n) is 6.18. The van der Waals surface area contributed by atoms with Crippen molar-refractivity contribution in [3.05, 3.63) is 23.9 Å². The average molecular weight is 299 g/mol. The molecule has 0 saturated carbocycles. The van der Waals surface area contributed by atoms with Crippen LogP contribution in [0.2, 0.25) is 0 Å². The highest BCUT2D eigenvalue weighted by molar-refractivity contribution is 5.76. The molecule has 2 saturated heterocycles. The van der Waals surface area contributed by atoms with E-state index in [-0.39, 0.29) is 11.4 Å². The Bertz CT molecular complexity index is 594. The molecule has 0 aliphatic carbocycles. The normalized spacial score (nSPS) is 26.4. The topological polar surface area (TPSA) is 72.3 Å². The van der Waals surface area contributed by atoms with E-state index in [4.69, 9.17) is 5.26 Å². The molecule has 0 aromatic carbocycles.